The van der Waals surface area contributed by atoms with Gasteiger partial charge in [0, 0.05) is 13.2 Å². The highest BCUT2D eigenvalue weighted by Crippen LogP contribution is 2.29. The lowest BCUT2D eigenvalue weighted by Crippen LogP contribution is -2.35. The predicted molar refractivity (Wildman–Crippen MR) is 77.9 cm³/mol. The van der Waals surface area contributed by atoms with E-state index in [2.05, 4.69) is 5.32 Å². The number of hydrogen-bond acceptors (Lipinski definition) is 3. The zero-order chi connectivity index (χ0) is 14.4. The molecule has 2 rings (SSSR count). The summed E-state index contributed by atoms with van der Waals surface area (Å²) in [7, 11) is 1.56. The molecule has 1 aromatic carbocycles. The highest BCUT2D eigenvalue weighted by molar-refractivity contribution is 5.96. The Bertz CT molecular complexity index is 447. The summed E-state index contributed by atoms with van der Waals surface area (Å²) in [6.07, 6.45) is 4.51. The summed E-state index contributed by atoms with van der Waals surface area (Å²) in [6.45, 7) is 0.845. The van der Waals surface area contributed by atoms with Gasteiger partial charge in [-0.15, -0.1) is 0 Å². The van der Waals surface area contributed by atoms with E-state index in [1.54, 1.807) is 19.2 Å². The van der Waals surface area contributed by atoms with Crippen LogP contribution in [0.5, 0.6) is 5.75 Å². The van der Waals surface area contributed by atoms with Crippen molar-refractivity contribution < 1.29 is 14.6 Å². The van der Waals surface area contributed by atoms with Crippen molar-refractivity contribution in [3.05, 3.63) is 29.8 Å². The maximum Gasteiger partial charge on any atom is 0.255 e. The number of ether oxygens (including phenoxy) is 1. The van der Waals surface area contributed by atoms with Gasteiger partial charge in [0.2, 0.25) is 0 Å². The van der Waals surface area contributed by atoms with Gasteiger partial charge in [-0.1, -0.05) is 25.0 Å². The zero-order valence-corrected chi connectivity index (χ0v) is 12.0. The van der Waals surface area contributed by atoms with Gasteiger partial charge in [0.1, 0.15) is 5.75 Å². The van der Waals surface area contributed by atoms with E-state index in [0.29, 0.717) is 29.7 Å². The highest BCUT2D eigenvalue weighted by Gasteiger charge is 2.25. The predicted octanol–water partition coefficient (Wildman–Crippen LogP) is 2.22. The first-order valence-corrected chi connectivity index (χ1v) is 7.28. The van der Waals surface area contributed by atoms with Crippen molar-refractivity contribution in [1.82, 2.24) is 5.32 Å². The summed E-state index contributed by atoms with van der Waals surface area (Å²) in [5.74, 6) is 1.19. The Labute approximate surface area is 120 Å². The lowest BCUT2D eigenvalue weighted by atomic mass is 9.79. The van der Waals surface area contributed by atoms with Crippen LogP contribution in [0.2, 0.25) is 0 Å². The van der Waals surface area contributed by atoms with Gasteiger partial charge < -0.3 is 15.2 Å². The summed E-state index contributed by atoms with van der Waals surface area (Å²) < 4.78 is 5.20. The molecule has 2 unspecified atom stereocenters. The minimum atomic E-state index is -0.107. The van der Waals surface area contributed by atoms with Gasteiger partial charge in [0.05, 0.1) is 12.7 Å². The molecule has 2 atom stereocenters. The summed E-state index contributed by atoms with van der Waals surface area (Å²) in [6, 6.07) is 7.22. The second kappa shape index (κ2) is 7.29. The van der Waals surface area contributed by atoms with E-state index in [1.807, 2.05) is 12.1 Å². The van der Waals surface area contributed by atoms with E-state index < -0.39 is 0 Å². The fourth-order valence-corrected chi connectivity index (χ4v) is 2.94. The van der Waals surface area contributed by atoms with Crippen molar-refractivity contribution in [1.29, 1.82) is 0 Å². The van der Waals surface area contributed by atoms with Crippen molar-refractivity contribution in [2.75, 3.05) is 20.3 Å². The fraction of sp³-hybridized carbons (Fsp3) is 0.562. The van der Waals surface area contributed by atoms with Crippen molar-refractivity contribution in [2.24, 2.45) is 11.8 Å². The van der Waals surface area contributed by atoms with Crippen molar-refractivity contribution >= 4 is 5.91 Å². The maximum absolute atomic E-state index is 12.2. The van der Waals surface area contributed by atoms with Crippen molar-refractivity contribution in [3.63, 3.8) is 0 Å². The van der Waals surface area contributed by atoms with Gasteiger partial charge in [-0.25, -0.2) is 0 Å². The maximum atomic E-state index is 12.2. The van der Waals surface area contributed by atoms with Crippen LogP contribution in [0.25, 0.3) is 0 Å². The number of aliphatic hydroxyl groups excluding tert-OH is 1. The molecule has 0 spiro atoms. The van der Waals surface area contributed by atoms with E-state index in [1.165, 1.54) is 12.8 Å². The third-order valence-electron chi connectivity index (χ3n) is 4.18. The van der Waals surface area contributed by atoms with Crippen LogP contribution in [0.3, 0.4) is 0 Å². The molecule has 20 heavy (non-hydrogen) atoms. The molecule has 1 aliphatic carbocycles. The van der Waals surface area contributed by atoms with E-state index in [-0.39, 0.29) is 12.5 Å². The standard InChI is InChI=1S/C16H23NO3/c1-20-15-9-5-4-8-14(15)16(19)17-10-12-6-2-3-7-13(12)11-18/h4-5,8-9,12-13,18H,2-3,6-7,10-11H2,1H3,(H,17,19). The third kappa shape index (κ3) is 3.51. The van der Waals surface area contributed by atoms with Crippen LogP contribution < -0.4 is 10.1 Å². The molecule has 4 nitrogen and oxygen atoms in total. The minimum absolute atomic E-state index is 0.107. The molecule has 4 heteroatoms. The van der Waals surface area contributed by atoms with E-state index in [9.17, 15) is 9.90 Å². The molecule has 1 amide bonds. The number of carbonyl (C=O) groups excluding carboxylic acids is 1. The van der Waals surface area contributed by atoms with Crippen LogP contribution >= 0.6 is 0 Å². The Balaban J connectivity index is 1.94. The molecular formula is C16H23NO3. The molecule has 1 fully saturated rings. The molecular weight excluding hydrogens is 254 g/mol. The Hall–Kier alpha value is -1.55. The van der Waals surface area contributed by atoms with Crippen LogP contribution in [0, 0.1) is 11.8 Å². The Morgan fingerprint density at radius 3 is 2.70 bits per heavy atom. The van der Waals surface area contributed by atoms with Crippen LogP contribution in [0.4, 0.5) is 0 Å². The number of benzene rings is 1. The molecule has 1 aromatic rings. The van der Waals surface area contributed by atoms with Crippen molar-refractivity contribution in [3.8, 4) is 5.75 Å². The Morgan fingerprint density at radius 2 is 2.00 bits per heavy atom. The molecule has 0 saturated heterocycles. The van der Waals surface area contributed by atoms with E-state index in [4.69, 9.17) is 4.74 Å². The quantitative estimate of drug-likeness (QED) is 0.867. The number of hydrogen-bond donors (Lipinski definition) is 2. The molecule has 0 aromatic heterocycles. The first-order valence-electron chi connectivity index (χ1n) is 7.28. The van der Waals surface area contributed by atoms with E-state index >= 15 is 0 Å². The largest absolute Gasteiger partial charge is 0.496 e. The third-order valence-corrected chi connectivity index (χ3v) is 4.18. The number of rotatable bonds is 5. The second-order valence-electron chi connectivity index (χ2n) is 5.40. The lowest BCUT2D eigenvalue weighted by molar-refractivity contribution is 0.0906. The topological polar surface area (TPSA) is 58.6 Å². The highest BCUT2D eigenvalue weighted by atomic mass is 16.5. The summed E-state index contributed by atoms with van der Waals surface area (Å²) in [5.41, 5.74) is 0.561. The van der Waals surface area contributed by atoms with Crippen LogP contribution in [0.15, 0.2) is 24.3 Å². The summed E-state index contributed by atoms with van der Waals surface area (Å²) in [4.78, 5) is 12.2. The average molecular weight is 277 g/mol. The molecule has 110 valence electrons. The molecule has 1 aliphatic rings. The van der Waals surface area contributed by atoms with E-state index in [0.717, 1.165) is 12.8 Å². The monoisotopic (exact) mass is 277 g/mol. The number of methoxy groups -OCH3 is 1. The lowest BCUT2D eigenvalue weighted by Gasteiger charge is -2.30. The molecule has 0 bridgehead atoms. The Kier molecular flexibility index (Phi) is 5.41. The van der Waals surface area contributed by atoms with Crippen molar-refractivity contribution in [2.45, 2.75) is 25.7 Å². The van der Waals surface area contributed by atoms with Crippen LogP contribution in [-0.2, 0) is 0 Å². The number of amides is 1. The number of aliphatic hydroxyl groups is 1. The first-order chi connectivity index (χ1) is 9.76. The Morgan fingerprint density at radius 1 is 1.30 bits per heavy atom. The number of nitrogens with one attached hydrogen (secondary N) is 1. The SMILES string of the molecule is COc1ccccc1C(=O)NCC1CCCCC1CO. The molecule has 1 saturated carbocycles. The summed E-state index contributed by atoms with van der Waals surface area (Å²) >= 11 is 0. The van der Waals surface area contributed by atoms with Gasteiger partial charge in [-0.2, -0.15) is 0 Å². The molecule has 0 heterocycles. The van der Waals surface area contributed by atoms with Gasteiger partial charge in [-0.05, 0) is 36.8 Å². The minimum Gasteiger partial charge on any atom is -0.496 e. The molecule has 0 aliphatic heterocycles. The van der Waals surface area contributed by atoms with Gasteiger partial charge in [0.25, 0.3) is 5.91 Å². The van der Waals surface area contributed by atoms with Gasteiger partial charge in [-0.3, -0.25) is 4.79 Å². The molecule has 2 N–H and O–H groups in total. The summed E-state index contributed by atoms with van der Waals surface area (Å²) in [5, 5.41) is 12.4. The van der Waals surface area contributed by atoms with Crippen LogP contribution in [-0.4, -0.2) is 31.3 Å². The van der Waals surface area contributed by atoms with Crippen LogP contribution in [0.1, 0.15) is 36.0 Å². The number of para-hydroxylation sites is 1. The smallest absolute Gasteiger partial charge is 0.255 e. The first kappa shape index (κ1) is 14.9. The van der Waals surface area contributed by atoms with Gasteiger partial charge >= 0.3 is 0 Å². The second-order valence-corrected chi connectivity index (χ2v) is 5.40. The van der Waals surface area contributed by atoms with Gasteiger partial charge in [0.15, 0.2) is 0 Å². The fourth-order valence-electron chi connectivity index (χ4n) is 2.94. The average Bonchev–Trinajstić information content (AvgIpc) is 2.52. The molecule has 0 radical (unpaired) electrons. The zero-order valence-electron chi connectivity index (χ0n) is 12.0. The number of carbonyl (C=O) groups is 1. The normalized spacial score (nSPS) is 22.3.